The van der Waals surface area contributed by atoms with Crippen molar-refractivity contribution in [1.82, 2.24) is 10.2 Å². The van der Waals surface area contributed by atoms with E-state index < -0.39 is 6.04 Å². The zero-order chi connectivity index (χ0) is 21.9. The fourth-order valence-corrected chi connectivity index (χ4v) is 4.23. The molecule has 0 saturated heterocycles. The van der Waals surface area contributed by atoms with Crippen LogP contribution in [0.3, 0.4) is 0 Å². The van der Waals surface area contributed by atoms with E-state index in [-0.39, 0.29) is 11.8 Å². The highest BCUT2D eigenvalue weighted by atomic mass is 32.2. The monoisotopic (exact) mass is 428 g/mol. The lowest BCUT2D eigenvalue weighted by molar-refractivity contribution is -0.139. The van der Waals surface area contributed by atoms with E-state index in [0.717, 1.165) is 17.1 Å². The standard InChI is InChI=1S/C24H32N2O3S/c1-5-22(24(28)25-6-2)26(15-19-11-13-21(29-4)14-12-19)23(27)17-30-16-20-10-8-7-9-18(20)3/h7-14,22H,5-6,15-17H2,1-4H3,(H,25,28). The summed E-state index contributed by atoms with van der Waals surface area (Å²) < 4.78 is 5.22. The minimum atomic E-state index is -0.487. The van der Waals surface area contributed by atoms with Crippen molar-refractivity contribution in [2.24, 2.45) is 0 Å². The van der Waals surface area contributed by atoms with Crippen molar-refractivity contribution in [3.63, 3.8) is 0 Å². The molecule has 0 aromatic heterocycles. The number of benzene rings is 2. The highest BCUT2D eigenvalue weighted by Crippen LogP contribution is 2.20. The van der Waals surface area contributed by atoms with Crippen LogP contribution in [0, 0.1) is 6.92 Å². The number of likely N-dealkylation sites (N-methyl/N-ethyl adjacent to an activating group) is 1. The first-order valence-electron chi connectivity index (χ1n) is 10.3. The Balaban J connectivity index is 2.12. The summed E-state index contributed by atoms with van der Waals surface area (Å²) in [4.78, 5) is 27.5. The quantitative estimate of drug-likeness (QED) is 0.583. The molecule has 2 rings (SSSR count). The number of nitrogens with one attached hydrogen (secondary N) is 1. The third-order valence-electron chi connectivity index (χ3n) is 4.99. The molecule has 1 unspecified atom stereocenters. The average molecular weight is 429 g/mol. The van der Waals surface area contributed by atoms with Crippen LogP contribution in [0.5, 0.6) is 5.75 Å². The summed E-state index contributed by atoms with van der Waals surface area (Å²) in [5.74, 6) is 1.74. The Labute approximate surface area is 184 Å². The lowest BCUT2D eigenvalue weighted by Gasteiger charge is -2.30. The maximum Gasteiger partial charge on any atom is 0.242 e. The molecule has 0 aliphatic carbocycles. The molecule has 6 heteroatoms. The molecule has 1 N–H and O–H groups in total. The maximum absolute atomic E-state index is 13.2. The summed E-state index contributed by atoms with van der Waals surface area (Å²) in [6.07, 6.45) is 0.566. The Morgan fingerprint density at radius 3 is 2.40 bits per heavy atom. The van der Waals surface area contributed by atoms with Crippen molar-refractivity contribution >= 4 is 23.6 Å². The van der Waals surface area contributed by atoms with Crippen LogP contribution < -0.4 is 10.1 Å². The Bertz CT molecular complexity index is 823. The van der Waals surface area contributed by atoms with E-state index >= 15 is 0 Å². The topological polar surface area (TPSA) is 58.6 Å². The van der Waals surface area contributed by atoms with Crippen molar-refractivity contribution in [3.05, 3.63) is 65.2 Å². The molecular formula is C24H32N2O3S. The van der Waals surface area contributed by atoms with Crippen LogP contribution in [0.25, 0.3) is 0 Å². The van der Waals surface area contributed by atoms with Gasteiger partial charge in [-0.25, -0.2) is 0 Å². The molecule has 2 aromatic rings. The zero-order valence-electron chi connectivity index (χ0n) is 18.3. The van der Waals surface area contributed by atoms with Gasteiger partial charge in [-0.3, -0.25) is 9.59 Å². The van der Waals surface area contributed by atoms with Crippen LogP contribution in [0.1, 0.15) is 37.0 Å². The zero-order valence-corrected chi connectivity index (χ0v) is 19.1. The molecule has 5 nitrogen and oxygen atoms in total. The second kappa shape index (κ2) is 12.3. The number of thioether (sulfide) groups is 1. The molecule has 0 radical (unpaired) electrons. The second-order valence-corrected chi connectivity index (χ2v) is 8.09. The highest BCUT2D eigenvalue weighted by molar-refractivity contribution is 7.99. The van der Waals surface area contributed by atoms with Gasteiger partial charge in [-0.2, -0.15) is 0 Å². The van der Waals surface area contributed by atoms with Gasteiger partial charge in [0.1, 0.15) is 11.8 Å². The van der Waals surface area contributed by atoms with Crippen LogP contribution in [0.4, 0.5) is 0 Å². The van der Waals surface area contributed by atoms with E-state index in [2.05, 4.69) is 24.4 Å². The molecular weight excluding hydrogens is 396 g/mol. The summed E-state index contributed by atoms with van der Waals surface area (Å²) in [7, 11) is 1.62. The van der Waals surface area contributed by atoms with Crippen LogP contribution in [0.15, 0.2) is 48.5 Å². The predicted octanol–water partition coefficient (Wildman–Crippen LogP) is 4.18. The molecule has 30 heavy (non-hydrogen) atoms. The number of hydrogen-bond acceptors (Lipinski definition) is 4. The summed E-state index contributed by atoms with van der Waals surface area (Å²) in [5, 5.41) is 2.87. The Morgan fingerprint density at radius 2 is 1.80 bits per heavy atom. The van der Waals surface area contributed by atoms with Crippen molar-refractivity contribution in [2.45, 2.75) is 45.5 Å². The van der Waals surface area contributed by atoms with Gasteiger partial charge < -0.3 is 15.0 Å². The van der Waals surface area contributed by atoms with Gasteiger partial charge in [-0.05, 0) is 49.1 Å². The van der Waals surface area contributed by atoms with Gasteiger partial charge in [0, 0.05) is 18.8 Å². The van der Waals surface area contributed by atoms with E-state index in [1.807, 2.05) is 50.2 Å². The summed E-state index contributed by atoms with van der Waals surface area (Å²) >= 11 is 1.58. The van der Waals surface area contributed by atoms with E-state index in [1.54, 1.807) is 23.8 Å². The first-order valence-corrected chi connectivity index (χ1v) is 11.5. The largest absolute Gasteiger partial charge is 0.497 e. The molecule has 0 fully saturated rings. The Hall–Kier alpha value is -2.47. The number of carbonyl (C=O) groups excluding carboxylic acids is 2. The van der Waals surface area contributed by atoms with E-state index in [0.29, 0.717) is 25.3 Å². The first-order chi connectivity index (χ1) is 14.5. The SMILES string of the molecule is CCNC(=O)C(CC)N(Cc1ccc(OC)cc1)C(=O)CSCc1ccccc1C. The third-order valence-corrected chi connectivity index (χ3v) is 5.96. The first kappa shape index (κ1) is 23.8. The minimum Gasteiger partial charge on any atom is -0.497 e. The molecule has 0 heterocycles. The number of carbonyl (C=O) groups is 2. The van der Waals surface area contributed by atoms with Gasteiger partial charge in [0.15, 0.2) is 0 Å². The Kier molecular flexibility index (Phi) is 9.74. The van der Waals surface area contributed by atoms with Crippen LogP contribution in [-0.2, 0) is 21.9 Å². The molecule has 162 valence electrons. The van der Waals surface area contributed by atoms with Crippen molar-refractivity contribution < 1.29 is 14.3 Å². The minimum absolute atomic E-state index is 0.0255. The van der Waals surface area contributed by atoms with Gasteiger partial charge in [0.2, 0.25) is 11.8 Å². The van der Waals surface area contributed by atoms with Crippen LogP contribution in [-0.4, -0.2) is 42.2 Å². The maximum atomic E-state index is 13.2. The smallest absolute Gasteiger partial charge is 0.242 e. The van der Waals surface area contributed by atoms with Crippen LogP contribution in [0.2, 0.25) is 0 Å². The number of nitrogens with zero attached hydrogens (tertiary/aromatic N) is 1. The fraction of sp³-hybridized carbons (Fsp3) is 0.417. The average Bonchev–Trinajstić information content (AvgIpc) is 2.75. The number of aryl methyl sites for hydroxylation is 1. The van der Waals surface area contributed by atoms with Crippen molar-refractivity contribution in [1.29, 1.82) is 0 Å². The number of hydrogen-bond donors (Lipinski definition) is 1. The van der Waals surface area contributed by atoms with Crippen molar-refractivity contribution in [3.8, 4) is 5.75 Å². The molecule has 0 aliphatic rings. The van der Waals surface area contributed by atoms with E-state index in [1.165, 1.54) is 11.1 Å². The van der Waals surface area contributed by atoms with E-state index in [4.69, 9.17) is 4.74 Å². The summed E-state index contributed by atoms with van der Waals surface area (Å²) in [5.41, 5.74) is 3.42. The fourth-order valence-electron chi connectivity index (χ4n) is 3.24. The number of ether oxygens (including phenoxy) is 1. The van der Waals surface area contributed by atoms with Gasteiger partial charge >= 0.3 is 0 Å². The van der Waals surface area contributed by atoms with Crippen molar-refractivity contribution in [2.75, 3.05) is 19.4 Å². The second-order valence-electron chi connectivity index (χ2n) is 7.11. The van der Waals surface area contributed by atoms with Crippen LogP contribution >= 0.6 is 11.8 Å². The molecule has 2 amide bonds. The van der Waals surface area contributed by atoms with Gasteiger partial charge in [0.25, 0.3) is 0 Å². The highest BCUT2D eigenvalue weighted by Gasteiger charge is 2.28. The predicted molar refractivity (Wildman–Crippen MR) is 124 cm³/mol. The van der Waals surface area contributed by atoms with E-state index in [9.17, 15) is 9.59 Å². The molecule has 0 saturated carbocycles. The number of rotatable bonds is 11. The summed E-state index contributed by atoms with van der Waals surface area (Å²) in [6.45, 7) is 6.84. The molecule has 0 bridgehead atoms. The molecule has 1 atom stereocenters. The Morgan fingerprint density at radius 1 is 1.10 bits per heavy atom. The lowest BCUT2D eigenvalue weighted by atomic mass is 10.1. The van der Waals surface area contributed by atoms with Gasteiger partial charge in [-0.1, -0.05) is 43.3 Å². The van der Waals surface area contributed by atoms with Gasteiger partial charge in [0.05, 0.1) is 12.9 Å². The normalized spacial score (nSPS) is 11.6. The molecule has 2 aromatic carbocycles. The lowest BCUT2D eigenvalue weighted by Crippen LogP contribution is -2.49. The van der Waals surface area contributed by atoms with Gasteiger partial charge in [-0.15, -0.1) is 11.8 Å². The summed E-state index contributed by atoms with van der Waals surface area (Å²) in [6, 6.07) is 15.3. The number of methoxy groups -OCH3 is 1. The number of amides is 2. The molecule has 0 spiro atoms. The molecule has 0 aliphatic heterocycles. The third kappa shape index (κ3) is 6.80.